The van der Waals surface area contributed by atoms with Crippen LogP contribution in [0.3, 0.4) is 0 Å². The van der Waals surface area contributed by atoms with Gasteiger partial charge in [0.05, 0.1) is 0 Å². The zero-order valence-electron chi connectivity index (χ0n) is 9.89. The molecule has 0 radical (unpaired) electrons. The first-order valence-corrected chi connectivity index (χ1v) is 6.77. The van der Waals surface area contributed by atoms with Crippen molar-refractivity contribution in [3.63, 3.8) is 0 Å². The summed E-state index contributed by atoms with van der Waals surface area (Å²) >= 11 is 1.66. The monoisotopic (exact) mass is 262 g/mol. The van der Waals surface area contributed by atoms with Crippen molar-refractivity contribution in [3.05, 3.63) is 40.3 Å². The third kappa shape index (κ3) is 2.63. The van der Waals surface area contributed by atoms with Crippen molar-refractivity contribution in [2.75, 3.05) is 13.2 Å². The summed E-state index contributed by atoms with van der Waals surface area (Å²) < 4.78 is 11.0. The minimum absolute atomic E-state index is 0.628. The van der Waals surface area contributed by atoms with Gasteiger partial charge in [0.1, 0.15) is 18.2 Å². The molecule has 1 aromatic carbocycles. The van der Waals surface area contributed by atoms with Crippen molar-refractivity contribution in [1.82, 2.24) is 10.3 Å². The number of ether oxygens (including phenoxy) is 2. The number of hydrogen-bond acceptors (Lipinski definition) is 5. The summed E-state index contributed by atoms with van der Waals surface area (Å²) in [7, 11) is 0. The zero-order valence-corrected chi connectivity index (χ0v) is 10.7. The van der Waals surface area contributed by atoms with Gasteiger partial charge in [0.2, 0.25) is 0 Å². The van der Waals surface area contributed by atoms with Crippen LogP contribution in [0.4, 0.5) is 0 Å². The van der Waals surface area contributed by atoms with E-state index in [0.29, 0.717) is 13.2 Å². The smallest absolute Gasteiger partial charge is 0.161 e. The molecule has 2 heterocycles. The lowest BCUT2D eigenvalue weighted by Crippen LogP contribution is -2.16. The van der Waals surface area contributed by atoms with Crippen LogP contribution < -0.4 is 14.8 Å². The highest BCUT2D eigenvalue weighted by molar-refractivity contribution is 7.09. The summed E-state index contributed by atoms with van der Waals surface area (Å²) in [6.45, 7) is 2.86. The van der Waals surface area contributed by atoms with Crippen LogP contribution >= 0.6 is 11.3 Å². The van der Waals surface area contributed by atoms with Crippen molar-refractivity contribution < 1.29 is 9.47 Å². The van der Waals surface area contributed by atoms with Crippen LogP contribution in [0.15, 0.2) is 29.8 Å². The van der Waals surface area contributed by atoms with Gasteiger partial charge in [0.25, 0.3) is 0 Å². The molecule has 5 heteroatoms. The molecular formula is C13H14N2O2S. The van der Waals surface area contributed by atoms with Gasteiger partial charge in [-0.3, -0.25) is 0 Å². The molecule has 3 rings (SSSR count). The second-order valence-corrected chi connectivity index (χ2v) is 4.99. The van der Waals surface area contributed by atoms with E-state index in [1.54, 1.807) is 11.3 Å². The van der Waals surface area contributed by atoms with Gasteiger partial charge in [-0.25, -0.2) is 4.98 Å². The van der Waals surface area contributed by atoms with Gasteiger partial charge in [-0.2, -0.15) is 0 Å². The Kier molecular flexibility index (Phi) is 3.43. The number of hydrogen-bond donors (Lipinski definition) is 1. The lowest BCUT2D eigenvalue weighted by Gasteiger charge is -2.18. The Balaban J connectivity index is 1.59. The maximum atomic E-state index is 5.55. The fourth-order valence-corrected chi connectivity index (χ4v) is 2.44. The summed E-state index contributed by atoms with van der Waals surface area (Å²) in [6, 6.07) is 6.06. The van der Waals surface area contributed by atoms with Gasteiger partial charge in [0.15, 0.2) is 11.5 Å². The molecule has 0 aliphatic carbocycles. The quantitative estimate of drug-likeness (QED) is 0.917. The van der Waals surface area contributed by atoms with Crippen LogP contribution in [0.5, 0.6) is 11.5 Å². The molecule has 1 N–H and O–H groups in total. The van der Waals surface area contributed by atoms with E-state index in [1.165, 1.54) is 5.56 Å². The zero-order chi connectivity index (χ0) is 12.2. The van der Waals surface area contributed by atoms with Gasteiger partial charge in [-0.1, -0.05) is 6.07 Å². The number of nitrogens with zero attached hydrogens (tertiary/aromatic N) is 1. The molecule has 2 aromatic rings. The van der Waals surface area contributed by atoms with Gasteiger partial charge in [0, 0.05) is 24.7 Å². The Hall–Kier alpha value is -1.59. The van der Waals surface area contributed by atoms with E-state index < -0.39 is 0 Å². The van der Waals surface area contributed by atoms with E-state index in [2.05, 4.69) is 16.4 Å². The minimum Gasteiger partial charge on any atom is -0.486 e. The predicted molar refractivity (Wildman–Crippen MR) is 70.1 cm³/mol. The number of thiazole rings is 1. The first kappa shape index (κ1) is 11.5. The van der Waals surface area contributed by atoms with Crippen molar-refractivity contribution >= 4 is 11.3 Å². The van der Waals surface area contributed by atoms with Gasteiger partial charge in [-0.15, -0.1) is 11.3 Å². The average molecular weight is 262 g/mol. The average Bonchev–Trinajstić information content (AvgIpc) is 2.92. The van der Waals surface area contributed by atoms with Crippen LogP contribution in [-0.4, -0.2) is 18.2 Å². The fraction of sp³-hybridized carbons (Fsp3) is 0.308. The lowest BCUT2D eigenvalue weighted by atomic mass is 10.2. The Bertz CT molecular complexity index is 514. The van der Waals surface area contributed by atoms with Crippen LogP contribution in [0.25, 0.3) is 0 Å². The highest BCUT2D eigenvalue weighted by Gasteiger charge is 2.11. The van der Waals surface area contributed by atoms with E-state index in [9.17, 15) is 0 Å². The van der Waals surface area contributed by atoms with E-state index in [4.69, 9.17) is 9.47 Å². The third-order valence-corrected chi connectivity index (χ3v) is 3.48. The normalized spacial score (nSPS) is 13.6. The molecule has 4 nitrogen and oxygen atoms in total. The molecule has 18 heavy (non-hydrogen) atoms. The SMILES string of the molecule is c1csc(CNCc2ccc3c(c2)OCCO3)n1. The maximum Gasteiger partial charge on any atom is 0.161 e. The molecule has 94 valence electrons. The Labute approximate surface area is 110 Å². The molecule has 1 aromatic heterocycles. The van der Waals surface area contributed by atoms with Crippen molar-refractivity contribution in [1.29, 1.82) is 0 Å². The van der Waals surface area contributed by atoms with Gasteiger partial charge in [-0.05, 0) is 17.7 Å². The van der Waals surface area contributed by atoms with E-state index in [-0.39, 0.29) is 0 Å². The van der Waals surface area contributed by atoms with Crippen LogP contribution in [-0.2, 0) is 13.1 Å². The van der Waals surface area contributed by atoms with Gasteiger partial charge >= 0.3 is 0 Å². The molecule has 0 saturated carbocycles. The summed E-state index contributed by atoms with van der Waals surface area (Å²) in [5.74, 6) is 1.68. The van der Waals surface area contributed by atoms with Crippen molar-refractivity contribution in [3.8, 4) is 11.5 Å². The topological polar surface area (TPSA) is 43.4 Å². The van der Waals surface area contributed by atoms with Crippen molar-refractivity contribution in [2.45, 2.75) is 13.1 Å². The van der Waals surface area contributed by atoms with E-state index in [0.717, 1.165) is 29.6 Å². The van der Waals surface area contributed by atoms with Crippen LogP contribution in [0.2, 0.25) is 0 Å². The fourth-order valence-electron chi connectivity index (χ4n) is 1.85. The molecule has 0 saturated heterocycles. The molecule has 1 aliphatic heterocycles. The molecule has 0 atom stereocenters. The highest BCUT2D eigenvalue weighted by Crippen LogP contribution is 2.30. The first-order chi connectivity index (χ1) is 8.92. The predicted octanol–water partition coefficient (Wildman–Crippen LogP) is 2.20. The Morgan fingerprint density at radius 3 is 2.89 bits per heavy atom. The standard InChI is InChI=1S/C13H14N2O2S/c1-2-11-12(17-5-4-16-11)7-10(1)8-14-9-13-15-3-6-18-13/h1-3,6-7,14H,4-5,8-9H2. The van der Waals surface area contributed by atoms with E-state index >= 15 is 0 Å². The molecule has 0 unspecified atom stereocenters. The van der Waals surface area contributed by atoms with Crippen molar-refractivity contribution in [2.24, 2.45) is 0 Å². The highest BCUT2D eigenvalue weighted by atomic mass is 32.1. The largest absolute Gasteiger partial charge is 0.486 e. The number of aromatic nitrogens is 1. The Morgan fingerprint density at radius 1 is 1.17 bits per heavy atom. The van der Waals surface area contributed by atoms with Crippen LogP contribution in [0.1, 0.15) is 10.6 Å². The molecule has 1 aliphatic rings. The number of fused-ring (bicyclic) bond motifs is 1. The molecular weight excluding hydrogens is 248 g/mol. The van der Waals surface area contributed by atoms with E-state index in [1.807, 2.05) is 23.7 Å². The molecule has 0 bridgehead atoms. The molecule has 0 spiro atoms. The second kappa shape index (κ2) is 5.37. The number of nitrogens with one attached hydrogen (secondary N) is 1. The number of rotatable bonds is 4. The summed E-state index contributed by atoms with van der Waals surface area (Å²) in [5.41, 5.74) is 1.19. The maximum absolute atomic E-state index is 5.55. The lowest BCUT2D eigenvalue weighted by molar-refractivity contribution is 0.171. The summed E-state index contributed by atoms with van der Waals surface area (Å²) in [4.78, 5) is 4.23. The number of benzene rings is 1. The van der Waals surface area contributed by atoms with Gasteiger partial charge < -0.3 is 14.8 Å². The summed E-state index contributed by atoms with van der Waals surface area (Å²) in [5, 5.41) is 6.45. The van der Waals surface area contributed by atoms with Crippen LogP contribution in [0, 0.1) is 0 Å². The minimum atomic E-state index is 0.628. The molecule has 0 amide bonds. The third-order valence-electron chi connectivity index (χ3n) is 2.70. The first-order valence-electron chi connectivity index (χ1n) is 5.89. The molecule has 0 fully saturated rings. The Morgan fingerprint density at radius 2 is 2.06 bits per heavy atom. The second-order valence-electron chi connectivity index (χ2n) is 4.01. The summed E-state index contributed by atoms with van der Waals surface area (Å²) in [6.07, 6.45) is 1.83.